The summed E-state index contributed by atoms with van der Waals surface area (Å²) in [6, 6.07) is 12.5. The number of para-hydroxylation sites is 1. The van der Waals surface area contributed by atoms with Gasteiger partial charge in [-0.25, -0.2) is 4.90 Å². The maximum Gasteiger partial charge on any atom is 0.258 e. The molecule has 4 heteroatoms. The summed E-state index contributed by atoms with van der Waals surface area (Å²) in [6.07, 6.45) is 5.80. The van der Waals surface area contributed by atoms with Crippen LogP contribution in [0.5, 0.6) is 0 Å². The van der Waals surface area contributed by atoms with Gasteiger partial charge in [-0.15, -0.1) is 0 Å². The Morgan fingerprint density at radius 3 is 1.78 bits per heavy atom. The van der Waals surface area contributed by atoms with Crippen molar-refractivity contribution in [1.82, 2.24) is 0 Å². The van der Waals surface area contributed by atoms with Crippen LogP contribution in [0.2, 0.25) is 0 Å². The molecule has 90 valence electrons. The van der Waals surface area contributed by atoms with Crippen LogP contribution in [0.4, 0.5) is 5.69 Å². The second kappa shape index (κ2) is 5.63. The molecule has 0 unspecified atom stereocenters. The van der Waals surface area contributed by atoms with E-state index < -0.39 is 0 Å². The Labute approximate surface area is 104 Å². The fourth-order valence-electron chi connectivity index (χ4n) is 1.46. The molecule has 0 bridgehead atoms. The quantitative estimate of drug-likeness (QED) is 0.720. The number of amides is 2. The van der Waals surface area contributed by atoms with E-state index >= 15 is 0 Å². The highest BCUT2D eigenvalue weighted by Gasteiger charge is 2.24. The summed E-state index contributed by atoms with van der Waals surface area (Å²) in [6.45, 7) is 0. The standard InChI is InChI=1S/C10H7NO2.C4H4O/c12-9-6-7-10(13)11(9)8-4-2-1-3-5-8;1-2-4-5-3-1/h1-7H;1-4H. The zero-order valence-corrected chi connectivity index (χ0v) is 9.52. The first-order valence-electron chi connectivity index (χ1n) is 5.37. The number of carbonyl (C=O) groups is 2. The first-order chi connectivity index (χ1) is 8.79. The summed E-state index contributed by atoms with van der Waals surface area (Å²) in [5, 5.41) is 0. The monoisotopic (exact) mass is 241 g/mol. The van der Waals surface area contributed by atoms with Gasteiger partial charge in [-0.3, -0.25) is 9.59 Å². The van der Waals surface area contributed by atoms with Crippen LogP contribution in [-0.4, -0.2) is 11.8 Å². The molecule has 0 aliphatic carbocycles. The van der Waals surface area contributed by atoms with Gasteiger partial charge in [0.05, 0.1) is 18.2 Å². The lowest BCUT2D eigenvalue weighted by Crippen LogP contribution is -2.29. The van der Waals surface area contributed by atoms with E-state index in [9.17, 15) is 9.59 Å². The van der Waals surface area contributed by atoms with E-state index in [2.05, 4.69) is 4.42 Å². The Kier molecular flexibility index (Phi) is 3.71. The highest BCUT2D eigenvalue weighted by atomic mass is 16.3. The molecule has 1 aliphatic heterocycles. The summed E-state index contributed by atoms with van der Waals surface area (Å²) in [4.78, 5) is 23.5. The van der Waals surface area contributed by atoms with Crippen LogP contribution < -0.4 is 4.90 Å². The van der Waals surface area contributed by atoms with Gasteiger partial charge in [0.15, 0.2) is 0 Å². The number of anilines is 1. The van der Waals surface area contributed by atoms with Crippen LogP contribution in [0.3, 0.4) is 0 Å². The number of furan rings is 1. The summed E-state index contributed by atoms with van der Waals surface area (Å²) in [7, 11) is 0. The number of carbonyl (C=O) groups excluding carboxylic acids is 2. The largest absolute Gasteiger partial charge is 0.473 e. The maximum atomic E-state index is 11.2. The lowest BCUT2D eigenvalue weighted by molar-refractivity contribution is -0.119. The van der Waals surface area contributed by atoms with Crippen molar-refractivity contribution in [2.24, 2.45) is 0 Å². The molecule has 0 spiro atoms. The van der Waals surface area contributed by atoms with E-state index in [0.29, 0.717) is 5.69 Å². The summed E-state index contributed by atoms with van der Waals surface area (Å²) in [5.74, 6) is -0.563. The van der Waals surface area contributed by atoms with Gasteiger partial charge in [0.25, 0.3) is 11.8 Å². The first-order valence-corrected chi connectivity index (χ1v) is 5.37. The van der Waals surface area contributed by atoms with Gasteiger partial charge >= 0.3 is 0 Å². The molecular weight excluding hydrogens is 230 g/mol. The average molecular weight is 241 g/mol. The topological polar surface area (TPSA) is 50.5 Å². The lowest BCUT2D eigenvalue weighted by atomic mass is 10.3. The van der Waals surface area contributed by atoms with Crippen molar-refractivity contribution in [3.05, 3.63) is 67.1 Å². The second-order valence-electron chi connectivity index (χ2n) is 3.47. The maximum absolute atomic E-state index is 11.2. The molecule has 2 amide bonds. The molecule has 2 aromatic rings. The van der Waals surface area contributed by atoms with Crippen LogP contribution in [0.1, 0.15) is 0 Å². The van der Waals surface area contributed by atoms with Gasteiger partial charge in [0.1, 0.15) is 0 Å². The minimum atomic E-state index is -0.281. The number of hydrogen-bond donors (Lipinski definition) is 0. The SMILES string of the molecule is O=C1C=CC(=O)N1c1ccccc1.c1ccoc1. The normalized spacial score (nSPS) is 13.4. The zero-order valence-electron chi connectivity index (χ0n) is 9.52. The highest BCUT2D eigenvalue weighted by Crippen LogP contribution is 2.17. The summed E-state index contributed by atoms with van der Waals surface area (Å²) < 4.78 is 4.58. The van der Waals surface area contributed by atoms with Gasteiger partial charge in [0.2, 0.25) is 0 Å². The van der Waals surface area contributed by atoms with Crippen molar-refractivity contribution < 1.29 is 14.0 Å². The van der Waals surface area contributed by atoms with E-state index in [0.717, 1.165) is 4.90 Å². The Morgan fingerprint density at radius 2 is 1.33 bits per heavy atom. The molecular formula is C14H11NO3. The van der Waals surface area contributed by atoms with Gasteiger partial charge < -0.3 is 4.42 Å². The Hall–Kier alpha value is -2.62. The van der Waals surface area contributed by atoms with E-state index in [1.807, 2.05) is 18.2 Å². The molecule has 18 heavy (non-hydrogen) atoms. The minimum absolute atomic E-state index is 0.281. The van der Waals surface area contributed by atoms with Crippen LogP contribution in [-0.2, 0) is 9.59 Å². The van der Waals surface area contributed by atoms with E-state index in [-0.39, 0.29) is 11.8 Å². The van der Waals surface area contributed by atoms with E-state index in [1.165, 1.54) is 12.2 Å². The minimum Gasteiger partial charge on any atom is -0.473 e. The van der Waals surface area contributed by atoms with Crippen molar-refractivity contribution in [2.45, 2.75) is 0 Å². The zero-order chi connectivity index (χ0) is 12.8. The number of benzene rings is 1. The third-order valence-corrected chi connectivity index (χ3v) is 2.25. The van der Waals surface area contributed by atoms with Gasteiger partial charge in [0, 0.05) is 12.2 Å². The molecule has 2 heterocycles. The number of imide groups is 1. The van der Waals surface area contributed by atoms with Crippen LogP contribution in [0, 0.1) is 0 Å². The number of hydrogen-bond acceptors (Lipinski definition) is 3. The smallest absolute Gasteiger partial charge is 0.258 e. The van der Waals surface area contributed by atoms with Crippen LogP contribution >= 0.6 is 0 Å². The van der Waals surface area contributed by atoms with Crippen LogP contribution in [0.15, 0.2) is 71.6 Å². The first kappa shape index (κ1) is 11.9. The molecule has 1 aromatic carbocycles. The molecule has 0 saturated heterocycles. The number of rotatable bonds is 1. The van der Waals surface area contributed by atoms with E-state index in [4.69, 9.17) is 0 Å². The number of nitrogens with zero attached hydrogens (tertiary/aromatic N) is 1. The molecule has 0 saturated carbocycles. The third kappa shape index (κ3) is 2.74. The van der Waals surface area contributed by atoms with Crippen molar-refractivity contribution in [1.29, 1.82) is 0 Å². The van der Waals surface area contributed by atoms with Gasteiger partial charge in [-0.2, -0.15) is 0 Å². The van der Waals surface area contributed by atoms with Crippen molar-refractivity contribution in [3.63, 3.8) is 0 Å². The third-order valence-electron chi connectivity index (χ3n) is 2.25. The molecule has 1 aromatic heterocycles. The second-order valence-corrected chi connectivity index (χ2v) is 3.47. The molecule has 0 radical (unpaired) electrons. The highest BCUT2D eigenvalue weighted by molar-refractivity contribution is 6.28. The Morgan fingerprint density at radius 1 is 0.778 bits per heavy atom. The molecule has 3 rings (SSSR count). The van der Waals surface area contributed by atoms with Crippen molar-refractivity contribution >= 4 is 17.5 Å². The summed E-state index contributed by atoms with van der Waals surface area (Å²) >= 11 is 0. The lowest BCUT2D eigenvalue weighted by Gasteiger charge is -2.12. The van der Waals surface area contributed by atoms with Gasteiger partial charge in [-0.05, 0) is 24.3 Å². The van der Waals surface area contributed by atoms with Crippen molar-refractivity contribution in [3.8, 4) is 0 Å². The average Bonchev–Trinajstić information content (AvgIpc) is 3.05. The fourth-order valence-corrected chi connectivity index (χ4v) is 1.46. The predicted molar refractivity (Wildman–Crippen MR) is 66.8 cm³/mol. The summed E-state index contributed by atoms with van der Waals surface area (Å²) in [5.41, 5.74) is 0.613. The van der Waals surface area contributed by atoms with Gasteiger partial charge in [-0.1, -0.05) is 18.2 Å². The molecule has 0 fully saturated rings. The Bertz CT molecular complexity index is 508. The molecule has 4 nitrogen and oxygen atoms in total. The molecule has 1 aliphatic rings. The molecule has 0 N–H and O–H groups in total. The molecule has 0 atom stereocenters. The fraction of sp³-hybridized carbons (Fsp3) is 0. The van der Waals surface area contributed by atoms with Crippen LogP contribution in [0.25, 0.3) is 0 Å². The Balaban J connectivity index is 0.000000202. The van der Waals surface area contributed by atoms with E-state index in [1.54, 1.807) is 36.8 Å². The van der Waals surface area contributed by atoms with Crippen molar-refractivity contribution in [2.75, 3.05) is 4.90 Å². The predicted octanol–water partition coefficient (Wildman–Crippen LogP) is 2.40.